The van der Waals surface area contributed by atoms with E-state index in [0.717, 1.165) is 27.7 Å². The molecule has 0 saturated heterocycles. The molecular formula is C13H20O8S2. The molecule has 0 aromatic heterocycles. The van der Waals surface area contributed by atoms with Gasteiger partial charge in [0.25, 0.3) is 0 Å². The molecule has 10 heteroatoms. The third kappa shape index (κ3) is 9.34. The number of carbonyl (C=O) groups is 4. The fraction of sp³-hybridized carbons (Fsp3) is 0.692. The Morgan fingerprint density at radius 2 is 1.17 bits per heavy atom. The molecule has 0 spiro atoms. The maximum Gasteiger partial charge on any atom is 0.303 e. The molecule has 0 heterocycles. The van der Waals surface area contributed by atoms with E-state index in [0.29, 0.717) is 0 Å². The SMILES string of the molecule is CC(=O)OC[C@H](OC(C)=O)[C@@H](OC(C)=O)[C@H](OC(C)=O)C(S)S. The predicted molar refractivity (Wildman–Crippen MR) is 85.1 cm³/mol. The van der Waals surface area contributed by atoms with Crippen LogP contribution in [0.3, 0.4) is 0 Å². The lowest BCUT2D eigenvalue weighted by Gasteiger charge is -2.32. The number of thiol groups is 2. The van der Waals surface area contributed by atoms with Crippen LogP contribution in [0.5, 0.6) is 0 Å². The highest BCUT2D eigenvalue weighted by atomic mass is 32.2. The highest BCUT2D eigenvalue weighted by molar-refractivity contribution is 7.99. The molecular weight excluding hydrogens is 348 g/mol. The van der Waals surface area contributed by atoms with E-state index in [1.54, 1.807) is 0 Å². The number of hydrogen-bond acceptors (Lipinski definition) is 10. The lowest BCUT2D eigenvalue weighted by Crippen LogP contribution is -2.49. The summed E-state index contributed by atoms with van der Waals surface area (Å²) in [6.45, 7) is 4.18. The molecule has 0 aliphatic rings. The second-order valence-electron chi connectivity index (χ2n) is 4.51. The molecule has 0 radical (unpaired) electrons. The summed E-state index contributed by atoms with van der Waals surface area (Å²) < 4.78 is 19.1. The van der Waals surface area contributed by atoms with Crippen molar-refractivity contribution in [3.05, 3.63) is 0 Å². The predicted octanol–water partition coefficient (Wildman–Crippen LogP) is 0.530. The van der Waals surface area contributed by atoms with Gasteiger partial charge < -0.3 is 18.9 Å². The van der Waals surface area contributed by atoms with Crippen molar-refractivity contribution in [2.45, 2.75) is 50.6 Å². The van der Waals surface area contributed by atoms with Gasteiger partial charge in [0.05, 0.1) is 4.58 Å². The zero-order valence-corrected chi connectivity index (χ0v) is 15.0. The molecule has 0 N–H and O–H groups in total. The molecule has 0 aliphatic heterocycles. The lowest BCUT2D eigenvalue weighted by molar-refractivity contribution is -0.187. The summed E-state index contributed by atoms with van der Waals surface area (Å²) in [6, 6.07) is 0. The summed E-state index contributed by atoms with van der Waals surface area (Å²) in [4.78, 5) is 44.8. The fourth-order valence-corrected chi connectivity index (χ4v) is 2.10. The van der Waals surface area contributed by atoms with Crippen LogP contribution in [0.15, 0.2) is 0 Å². The van der Waals surface area contributed by atoms with E-state index in [1.807, 2.05) is 0 Å². The van der Waals surface area contributed by atoms with E-state index in [-0.39, 0.29) is 6.61 Å². The quantitative estimate of drug-likeness (QED) is 0.277. The maximum absolute atomic E-state index is 11.3. The van der Waals surface area contributed by atoms with Crippen molar-refractivity contribution in [2.24, 2.45) is 0 Å². The smallest absolute Gasteiger partial charge is 0.303 e. The van der Waals surface area contributed by atoms with Crippen LogP contribution in [-0.4, -0.2) is 53.4 Å². The van der Waals surface area contributed by atoms with Crippen molar-refractivity contribution < 1.29 is 38.1 Å². The normalized spacial score (nSPS) is 14.4. The minimum Gasteiger partial charge on any atom is -0.462 e. The highest BCUT2D eigenvalue weighted by Crippen LogP contribution is 2.22. The molecule has 0 fully saturated rings. The molecule has 8 nitrogen and oxygen atoms in total. The van der Waals surface area contributed by atoms with Crippen LogP contribution in [0.1, 0.15) is 27.7 Å². The summed E-state index contributed by atoms with van der Waals surface area (Å²) in [7, 11) is 0. The first kappa shape index (κ1) is 21.6. The first-order chi connectivity index (χ1) is 10.5. The Kier molecular flexibility index (Phi) is 9.73. The van der Waals surface area contributed by atoms with E-state index < -0.39 is 46.8 Å². The Morgan fingerprint density at radius 1 is 0.739 bits per heavy atom. The Morgan fingerprint density at radius 3 is 1.52 bits per heavy atom. The third-order valence-electron chi connectivity index (χ3n) is 2.36. The van der Waals surface area contributed by atoms with Gasteiger partial charge in [-0.3, -0.25) is 19.2 Å². The van der Waals surface area contributed by atoms with E-state index in [2.05, 4.69) is 25.3 Å². The van der Waals surface area contributed by atoms with Crippen molar-refractivity contribution in [3.8, 4) is 0 Å². The van der Waals surface area contributed by atoms with E-state index >= 15 is 0 Å². The average Bonchev–Trinajstić information content (AvgIpc) is 2.37. The molecule has 0 unspecified atom stereocenters. The standard InChI is InChI=1S/C13H20O8S2/c1-6(14)18-5-10(19-7(2)15)11(20-8(3)16)12(13(22)23)21-9(4)17/h10-13,22-23H,5H2,1-4H3/t10-,11+,12-/m0/s1. The summed E-state index contributed by atoms with van der Waals surface area (Å²) in [5, 5.41) is 0. The number of ether oxygens (including phenoxy) is 4. The van der Waals surface area contributed by atoms with Crippen molar-refractivity contribution >= 4 is 49.1 Å². The zero-order chi connectivity index (χ0) is 18.2. The van der Waals surface area contributed by atoms with Gasteiger partial charge in [-0.2, -0.15) is 25.3 Å². The largest absolute Gasteiger partial charge is 0.462 e. The van der Waals surface area contributed by atoms with Crippen molar-refractivity contribution in [1.82, 2.24) is 0 Å². The average molecular weight is 368 g/mol. The van der Waals surface area contributed by atoms with Crippen LogP contribution in [0.2, 0.25) is 0 Å². The van der Waals surface area contributed by atoms with Crippen molar-refractivity contribution in [2.75, 3.05) is 6.61 Å². The number of esters is 4. The monoisotopic (exact) mass is 368 g/mol. The first-order valence-electron chi connectivity index (χ1n) is 6.55. The molecule has 132 valence electrons. The molecule has 0 aromatic carbocycles. The molecule has 0 aromatic rings. The number of hydrogen-bond donors (Lipinski definition) is 2. The van der Waals surface area contributed by atoms with Crippen LogP contribution in [0.4, 0.5) is 0 Å². The second-order valence-corrected chi connectivity index (χ2v) is 6.03. The molecule has 0 amide bonds. The summed E-state index contributed by atoms with van der Waals surface area (Å²) in [5.74, 6) is -2.71. The summed E-state index contributed by atoms with van der Waals surface area (Å²) >= 11 is 8.14. The van der Waals surface area contributed by atoms with Gasteiger partial charge in [0, 0.05) is 27.7 Å². The summed E-state index contributed by atoms with van der Waals surface area (Å²) in [5.41, 5.74) is 0. The minimum absolute atomic E-state index is 0.390. The van der Waals surface area contributed by atoms with Gasteiger partial charge in [-0.15, -0.1) is 0 Å². The van der Waals surface area contributed by atoms with Gasteiger partial charge >= 0.3 is 23.9 Å². The van der Waals surface area contributed by atoms with Gasteiger partial charge in [0.2, 0.25) is 0 Å². The van der Waals surface area contributed by atoms with E-state index in [9.17, 15) is 19.2 Å². The second kappa shape index (κ2) is 10.4. The first-order valence-corrected chi connectivity index (χ1v) is 7.59. The molecule has 0 saturated carbocycles. The molecule has 3 atom stereocenters. The molecule has 0 aliphatic carbocycles. The zero-order valence-electron chi connectivity index (χ0n) is 13.2. The minimum atomic E-state index is -1.25. The van der Waals surface area contributed by atoms with Crippen LogP contribution in [-0.2, 0) is 38.1 Å². The third-order valence-corrected chi connectivity index (χ3v) is 2.94. The molecule has 0 bridgehead atoms. The number of rotatable bonds is 8. The van der Waals surface area contributed by atoms with Gasteiger partial charge in [-0.05, 0) is 0 Å². The summed E-state index contributed by atoms with van der Waals surface area (Å²) in [6.07, 6.45) is -3.57. The van der Waals surface area contributed by atoms with Crippen LogP contribution in [0.25, 0.3) is 0 Å². The molecule has 0 rings (SSSR count). The van der Waals surface area contributed by atoms with E-state index in [4.69, 9.17) is 18.9 Å². The van der Waals surface area contributed by atoms with Crippen molar-refractivity contribution in [3.63, 3.8) is 0 Å². The van der Waals surface area contributed by atoms with Gasteiger partial charge in [0.15, 0.2) is 18.3 Å². The lowest BCUT2D eigenvalue weighted by atomic mass is 10.1. The maximum atomic E-state index is 11.3. The fourth-order valence-electron chi connectivity index (χ4n) is 1.64. The van der Waals surface area contributed by atoms with E-state index in [1.165, 1.54) is 0 Å². The van der Waals surface area contributed by atoms with Gasteiger partial charge in [0.1, 0.15) is 6.61 Å². The molecule has 23 heavy (non-hydrogen) atoms. The van der Waals surface area contributed by atoms with Gasteiger partial charge in [-0.25, -0.2) is 0 Å². The van der Waals surface area contributed by atoms with Crippen molar-refractivity contribution in [1.29, 1.82) is 0 Å². The Hall–Kier alpha value is -1.42. The Balaban J connectivity index is 5.51. The topological polar surface area (TPSA) is 105 Å². The van der Waals surface area contributed by atoms with Gasteiger partial charge in [-0.1, -0.05) is 0 Å². The number of carbonyl (C=O) groups excluding carboxylic acids is 4. The Bertz CT molecular complexity index is 451. The van der Waals surface area contributed by atoms with Crippen LogP contribution >= 0.6 is 25.3 Å². The Labute approximate surface area is 145 Å². The van der Waals surface area contributed by atoms with Crippen LogP contribution < -0.4 is 0 Å². The highest BCUT2D eigenvalue weighted by Gasteiger charge is 2.40. The van der Waals surface area contributed by atoms with Crippen LogP contribution in [0, 0.1) is 0 Å².